The first-order valence-corrected chi connectivity index (χ1v) is 20.7. The molecule has 2 heterocycles. The number of nitrogens with zero attached hydrogens (tertiary/aromatic N) is 4. The zero-order valence-electron chi connectivity index (χ0n) is 33.1. The monoisotopic (exact) mass is 776 g/mol. The zero-order valence-corrected chi connectivity index (χ0v) is 33.1. The van der Waals surface area contributed by atoms with Gasteiger partial charge in [-0.2, -0.15) is 0 Å². The smallest absolute Gasteiger partial charge is 0.166 e. The highest BCUT2D eigenvalue weighted by Crippen LogP contribution is 2.41. The minimum absolute atomic E-state index is 0.605. The first-order chi connectivity index (χ1) is 30.2. The summed E-state index contributed by atoms with van der Waals surface area (Å²) in [7, 11) is 0. The summed E-state index contributed by atoms with van der Waals surface area (Å²) < 4.78 is 2.39. The van der Waals surface area contributed by atoms with Gasteiger partial charge in [0.15, 0.2) is 17.5 Å². The molecule has 0 bridgehead atoms. The molecule has 0 aliphatic carbocycles. The van der Waals surface area contributed by atoms with Crippen LogP contribution in [0.25, 0.3) is 116 Å². The van der Waals surface area contributed by atoms with Crippen LogP contribution < -0.4 is 0 Å². The lowest BCUT2D eigenvalue weighted by Crippen LogP contribution is -2.04. The van der Waals surface area contributed by atoms with Crippen molar-refractivity contribution in [1.29, 1.82) is 0 Å². The first kappa shape index (κ1) is 34.8. The number of para-hydroxylation sites is 1. The molecule has 0 N–H and O–H groups in total. The lowest BCUT2D eigenvalue weighted by Gasteiger charge is -2.17. The van der Waals surface area contributed by atoms with E-state index < -0.39 is 0 Å². The van der Waals surface area contributed by atoms with Gasteiger partial charge in [-0.1, -0.05) is 182 Å². The number of hydrogen-bond acceptors (Lipinski definition) is 3. The van der Waals surface area contributed by atoms with E-state index in [9.17, 15) is 0 Å². The highest BCUT2D eigenvalue weighted by Gasteiger charge is 2.21. The van der Waals surface area contributed by atoms with Gasteiger partial charge >= 0.3 is 0 Å². The predicted octanol–water partition coefficient (Wildman–Crippen LogP) is 14.8. The van der Waals surface area contributed by atoms with Gasteiger partial charge in [0, 0.05) is 27.5 Å². The Morgan fingerprint density at radius 3 is 1.31 bits per heavy atom. The molecule has 4 heteroatoms. The van der Waals surface area contributed by atoms with Crippen molar-refractivity contribution >= 4 is 54.1 Å². The Hall–Kier alpha value is -8.21. The number of fused-ring (bicyclic) bond motifs is 9. The lowest BCUT2D eigenvalue weighted by atomic mass is 9.93. The number of benzene rings is 10. The average Bonchev–Trinajstić information content (AvgIpc) is 3.68. The van der Waals surface area contributed by atoms with Crippen molar-refractivity contribution in [3.05, 3.63) is 218 Å². The second-order valence-electron chi connectivity index (χ2n) is 15.6. The molecule has 0 atom stereocenters. The predicted molar refractivity (Wildman–Crippen MR) is 254 cm³/mol. The van der Waals surface area contributed by atoms with E-state index >= 15 is 0 Å². The highest BCUT2D eigenvalue weighted by atomic mass is 15.1. The van der Waals surface area contributed by atoms with Crippen LogP contribution in [0.4, 0.5) is 0 Å². The molecule has 0 radical (unpaired) electrons. The van der Waals surface area contributed by atoms with Gasteiger partial charge < -0.3 is 4.57 Å². The Morgan fingerprint density at radius 2 is 0.672 bits per heavy atom. The molecule has 0 saturated carbocycles. The second kappa shape index (κ2) is 14.3. The summed E-state index contributed by atoms with van der Waals surface area (Å²) in [6, 6.07) is 77.6. The molecule has 4 nitrogen and oxygen atoms in total. The molecule has 10 aromatic carbocycles. The molecule has 0 aliphatic rings. The van der Waals surface area contributed by atoms with Gasteiger partial charge in [0.05, 0.1) is 16.7 Å². The summed E-state index contributed by atoms with van der Waals surface area (Å²) in [5.74, 6) is 1.85. The minimum atomic E-state index is 0.605. The van der Waals surface area contributed by atoms with Gasteiger partial charge in [0.25, 0.3) is 0 Å². The van der Waals surface area contributed by atoms with Crippen molar-refractivity contribution in [3.8, 4) is 62.1 Å². The average molecular weight is 777 g/mol. The van der Waals surface area contributed by atoms with Gasteiger partial charge in [-0.25, -0.2) is 15.0 Å². The SMILES string of the molecule is c1ccc(-c2ccc(-c3nc(-c4ccccc4)nc(-c4ccc5c6ccccc6c6ccccc6c5c4)n3)c(-n3c4ccccc4c4cc(-c5ccccc5)ccc43)c2)cc1. The summed E-state index contributed by atoms with van der Waals surface area (Å²) in [5.41, 5.74) is 10.6. The van der Waals surface area contributed by atoms with Crippen LogP contribution in [-0.2, 0) is 0 Å². The quantitative estimate of drug-likeness (QED) is 0.158. The van der Waals surface area contributed by atoms with Gasteiger partial charge in [-0.3, -0.25) is 0 Å². The van der Waals surface area contributed by atoms with Crippen LogP contribution in [0.1, 0.15) is 0 Å². The van der Waals surface area contributed by atoms with Crippen molar-refractivity contribution in [3.63, 3.8) is 0 Å². The molecule has 0 amide bonds. The van der Waals surface area contributed by atoms with Crippen LogP contribution in [0.3, 0.4) is 0 Å². The fourth-order valence-electron chi connectivity index (χ4n) is 9.15. The van der Waals surface area contributed by atoms with Crippen LogP contribution >= 0.6 is 0 Å². The minimum Gasteiger partial charge on any atom is -0.308 e. The van der Waals surface area contributed by atoms with E-state index in [1.807, 2.05) is 18.2 Å². The summed E-state index contributed by atoms with van der Waals surface area (Å²) in [4.78, 5) is 15.9. The van der Waals surface area contributed by atoms with Gasteiger partial charge in [0.2, 0.25) is 0 Å². The van der Waals surface area contributed by atoms with Gasteiger partial charge in [0.1, 0.15) is 0 Å². The molecular formula is C57H36N4. The van der Waals surface area contributed by atoms with Crippen LogP contribution in [0, 0.1) is 0 Å². The van der Waals surface area contributed by atoms with Crippen molar-refractivity contribution in [2.45, 2.75) is 0 Å². The van der Waals surface area contributed by atoms with Crippen LogP contribution in [0.5, 0.6) is 0 Å². The maximum absolute atomic E-state index is 5.40. The van der Waals surface area contributed by atoms with E-state index in [-0.39, 0.29) is 0 Å². The Labute approximate surface area is 352 Å². The molecule has 284 valence electrons. The molecule has 12 rings (SSSR count). The Balaban J connectivity index is 1.13. The third-order valence-corrected chi connectivity index (χ3v) is 12.0. The van der Waals surface area contributed by atoms with E-state index in [1.54, 1.807) is 0 Å². The Kier molecular flexibility index (Phi) is 8.13. The van der Waals surface area contributed by atoms with E-state index in [1.165, 1.54) is 54.2 Å². The molecule has 61 heavy (non-hydrogen) atoms. The van der Waals surface area contributed by atoms with Gasteiger partial charge in [-0.15, -0.1) is 0 Å². The van der Waals surface area contributed by atoms with E-state index in [4.69, 9.17) is 15.0 Å². The molecule has 0 saturated heterocycles. The maximum Gasteiger partial charge on any atom is 0.166 e. The topological polar surface area (TPSA) is 43.6 Å². The fraction of sp³-hybridized carbons (Fsp3) is 0. The van der Waals surface area contributed by atoms with E-state index in [0.717, 1.165) is 44.5 Å². The largest absolute Gasteiger partial charge is 0.308 e. The molecule has 0 unspecified atom stereocenters. The molecular weight excluding hydrogens is 741 g/mol. The van der Waals surface area contributed by atoms with Crippen molar-refractivity contribution in [2.75, 3.05) is 0 Å². The first-order valence-electron chi connectivity index (χ1n) is 20.7. The fourth-order valence-corrected chi connectivity index (χ4v) is 9.15. The standard InChI is InChI=1S/C57H36N4/c1-4-16-37(17-5-1)40-30-33-53-51(34-40)48-26-14-15-27-52(48)61(53)54-36-41(38-18-6-2-7-19-38)28-32-49(54)57-59-55(39-20-8-3-9-21-39)58-56(60-57)42-29-31-47-45-24-11-10-22-43(45)44-23-12-13-25-46(44)50(47)35-42/h1-36H. The summed E-state index contributed by atoms with van der Waals surface area (Å²) >= 11 is 0. The normalized spacial score (nSPS) is 11.6. The molecule has 0 spiro atoms. The van der Waals surface area contributed by atoms with E-state index in [0.29, 0.717) is 17.5 Å². The van der Waals surface area contributed by atoms with Crippen molar-refractivity contribution in [1.82, 2.24) is 19.5 Å². The highest BCUT2D eigenvalue weighted by molar-refractivity contribution is 6.25. The number of aromatic nitrogens is 4. The lowest BCUT2D eigenvalue weighted by molar-refractivity contribution is 1.07. The third-order valence-electron chi connectivity index (χ3n) is 12.0. The Morgan fingerprint density at radius 1 is 0.246 bits per heavy atom. The van der Waals surface area contributed by atoms with E-state index in [2.05, 4.69) is 205 Å². The summed E-state index contributed by atoms with van der Waals surface area (Å²) in [5, 5.41) is 9.66. The van der Waals surface area contributed by atoms with Crippen LogP contribution in [0.2, 0.25) is 0 Å². The second-order valence-corrected chi connectivity index (χ2v) is 15.6. The Bertz CT molecular complexity index is 3600. The number of rotatable bonds is 6. The van der Waals surface area contributed by atoms with Gasteiger partial charge in [-0.05, 0) is 91.0 Å². The third kappa shape index (κ3) is 5.88. The number of hydrogen-bond donors (Lipinski definition) is 0. The van der Waals surface area contributed by atoms with Crippen molar-refractivity contribution < 1.29 is 0 Å². The summed E-state index contributed by atoms with van der Waals surface area (Å²) in [6.07, 6.45) is 0. The maximum atomic E-state index is 5.40. The molecule has 2 aromatic heterocycles. The van der Waals surface area contributed by atoms with Crippen molar-refractivity contribution in [2.24, 2.45) is 0 Å². The molecule has 0 fully saturated rings. The molecule has 12 aromatic rings. The van der Waals surface area contributed by atoms with Crippen LogP contribution in [-0.4, -0.2) is 19.5 Å². The molecule has 0 aliphatic heterocycles. The van der Waals surface area contributed by atoms with Crippen LogP contribution in [0.15, 0.2) is 218 Å². The zero-order chi connectivity index (χ0) is 40.3. The summed E-state index contributed by atoms with van der Waals surface area (Å²) in [6.45, 7) is 0.